The van der Waals surface area contributed by atoms with E-state index in [-0.39, 0.29) is 18.5 Å². The van der Waals surface area contributed by atoms with Crippen LogP contribution in [0.2, 0.25) is 0 Å². The van der Waals surface area contributed by atoms with E-state index >= 15 is 0 Å². The van der Waals surface area contributed by atoms with Gasteiger partial charge in [0.1, 0.15) is 0 Å². The van der Waals surface area contributed by atoms with Gasteiger partial charge in [0.05, 0.1) is 25.4 Å². The third kappa shape index (κ3) is 62.9. The fourth-order valence-electron chi connectivity index (χ4n) is 10.5. The highest BCUT2D eigenvalue weighted by Crippen LogP contribution is 2.17. The summed E-state index contributed by atoms with van der Waals surface area (Å²) in [5.74, 6) is -0.0644. The van der Waals surface area contributed by atoms with Crippen LogP contribution in [0.25, 0.3) is 0 Å². The lowest BCUT2D eigenvalue weighted by molar-refractivity contribution is -0.143. The van der Waals surface area contributed by atoms with Crippen LogP contribution in [-0.4, -0.2) is 47.4 Å². The van der Waals surface area contributed by atoms with Gasteiger partial charge in [-0.2, -0.15) is 0 Å². The smallest absolute Gasteiger partial charge is 0.305 e. The molecule has 3 N–H and O–H groups in total. The fourth-order valence-corrected chi connectivity index (χ4v) is 10.5. The van der Waals surface area contributed by atoms with E-state index in [1.807, 2.05) is 6.08 Å². The first-order valence-corrected chi connectivity index (χ1v) is 34.4. The average molecular weight is 1080 g/mol. The Kier molecular flexibility index (Phi) is 64.5. The van der Waals surface area contributed by atoms with Crippen LogP contribution >= 0.6 is 0 Å². The van der Waals surface area contributed by atoms with E-state index in [0.717, 1.165) is 51.4 Å². The van der Waals surface area contributed by atoms with Gasteiger partial charge in [0, 0.05) is 12.8 Å². The zero-order chi connectivity index (χ0) is 55.7. The number of rotatable bonds is 64. The highest BCUT2D eigenvalue weighted by Gasteiger charge is 2.18. The van der Waals surface area contributed by atoms with Gasteiger partial charge in [0.25, 0.3) is 0 Å². The number of carbonyl (C=O) groups excluding carboxylic acids is 2. The van der Waals surface area contributed by atoms with Crippen molar-refractivity contribution in [2.45, 2.75) is 379 Å². The zero-order valence-corrected chi connectivity index (χ0v) is 51.7. The summed E-state index contributed by atoms with van der Waals surface area (Å²) in [5, 5.41) is 23.2. The Morgan fingerprint density at radius 2 is 0.649 bits per heavy atom. The Labute approximate surface area is 480 Å². The number of hydrogen-bond acceptors (Lipinski definition) is 5. The number of nitrogens with one attached hydrogen (secondary N) is 1. The number of unbranched alkanes of at least 4 members (excludes halogenated alkanes) is 47. The molecule has 452 valence electrons. The van der Waals surface area contributed by atoms with Gasteiger partial charge in [-0.15, -0.1) is 0 Å². The number of allylic oxidation sites excluding steroid dienone is 7. The SMILES string of the molecule is CCCCCCCC/C=C\CCCCCCCCCCCC(=O)OCCCCCCCCCCC/C=C\C/C=C\CCCCCCCCCCCC(=O)NC(CO)C(O)/C=C/CCCCCCCCCCCCCCCC. The molecule has 0 spiro atoms. The molecule has 0 saturated heterocycles. The molecule has 0 aromatic carbocycles. The summed E-state index contributed by atoms with van der Waals surface area (Å²) in [6.45, 7) is 4.91. The van der Waals surface area contributed by atoms with Crippen molar-refractivity contribution in [3.8, 4) is 0 Å². The minimum absolute atomic E-state index is 0.00824. The Morgan fingerprint density at radius 1 is 0.364 bits per heavy atom. The lowest BCUT2D eigenvalue weighted by atomic mass is 10.0. The van der Waals surface area contributed by atoms with E-state index in [4.69, 9.17) is 4.74 Å². The van der Waals surface area contributed by atoms with Gasteiger partial charge < -0.3 is 20.3 Å². The Hall–Kier alpha value is -2.18. The van der Waals surface area contributed by atoms with E-state index in [9.17, 15) is 19.8 Å². The number of carbonyl (C=O) groups is 2. The first-order chi connectivity index (χ1) is 38.0. The molecule has 77 heavy (non-hydrogen) atoms. The number of hydrogen-bond donors (Lipinski definition) is 3. The van der Waals surface area contributed by atoms with Gasteiger partial charge in [-0.1, -0.05) is 313 Å². The standard InChI is InChI=1S/C71H133NO5/c1-3-5-7-9-11-13-15-17-19-21-29-33-37-41-45-49-53-57-61-65-71(76)77-66-62-58-54-50-46-42-38-34-31-28-26-24-22-23-25-27-30-32-36-40-44-48-52-56-60-64-70(75)72-68(67-73)69(74)63-59-55-51-47-43-39-35-20-18-16-14-12-10-8-6-4-2/h17,19,23-26,59,63,68-69,73-74H,3-16,18,20-22,27-58,60-62,64-67H2,1-2H3,(H,72,75)/b19-17-,25-23-,26-24-,63-59+. The van der Waals surface area contributed by atoms with E-state index in [0.29, 0.717) is 19.4 Å². The molecular formula is C71H133NO5. The molecule has 2 atom stereocenters. The van der Waals surface area contributed by atoms with Crippen molar-refractivity contribution in [1.82, 2.24) is 5.32 Å². The second-order valence-corrected chi connectivity index (χ2v) is 23.5. The molecule has 6 nitrogen and oxygen atoms in total. The second-order valence-electron chi connectivity index (χ2n) is 23.5. The lowest BCUT2D eigenvalue weighted by Gasteiger charge is -2.20. The Morgan fingerprint density at radius 3 is 1.00 bits per heavy atom. The molecule has 0 aromatic heterocycles. The summed E-state index contributed by atoms with van der Waals surface area (Å²) in [7, 11) is 0. The van der Waals surface area contributed by atoms with Crippen LogP contribution in [0, 0.1) is 0 Å². The lowest BCUT2D eigenvalue weighted by Crippen LogP contribution is -2.45. The largest absolute Gasteiger partial charge is 0.466 e. The summed E-state index contributed by atoms with van der Waals surface area (Å²) in [4.78, 5) is 24.6. The molecule has 2 unspecified atom stereocenters. The molecular weight excluding hydrogens is 947 g/mol. The van der Waals surface area contributed by atoms with Crippen LogP contribution in [0.1, 0.15) is 367 Å². The van der Waals surface area contributed by atoms with Crippen molar-refractivity contribution in [2.75, 3.05) is 13.2 Å². The third-order valence-corrected chi connectivity index (χ3v) is 15.8. The topological polar surface area (TPSA) is 95.9 Å². The summed E-state index contributed by atoms with van der Waals surface area (Å²) in [6, 6.07) is -0.633. The molecule has 0 aliphatic rings. The summed E-state index contributed by atoms with van der Waals surface area (Å²) >= 11 is 0. The van der Waals surface area contributed by atoms with Crippen molar-refractivity contribution >= 4 is 11.9 Å². The maximum absolute atomic E-state index is 12.5. The summed E-state index contributed by atoms with van der Waals surface area (Å²) in [6.07, 6.45) is 86.0. The van der Waals surface area contributed by atoms with Crippen LogP contribution in [0.5, 0.6) is 0 Å². The highest BCUT2D eigenvalue weighted by atomic mass is 16.5. The van der Waals surface area contributed by atoms with E-state index in [1.54, 1.807) is 6.08 Å². The molecule has 0 heterocycles. The van der Waals surface area contributed by atoms with Crippen molar-refractivity contribution < 1.29 is 24.5 Å². The predicted molar refractivity (Wildman–Crippen MR) is 338 cm³/mol. The minimum atomic E-state index is -0.849. The van der Waals surface area contributed by atoms with Crippen LogP contribution in [0.3, 0.4) is 0 Å². The monoisotopic (exact) mass is 1080 g/mol. The number of aliphatic hydroxyl groups excluding tert-OH is 2. The quantitative estimate of drug-likeness (QED) is 0.0320. The van der Waals surface area contributed by atoms with Gasteiger partial charge in [0.2, 0.25) is 5.91 Å². The van der Waals surface area contributed by atoms with Crippen LogP contribution in [-0.2, 0) is 14.3 Å². The molecule has 0 aromatic rings. The van der Waals surface area contributed by atoms with E-state index in [1.165, 1.54) is 289 Å². The van der Waals surface area contributed by atoms with Crippen LogP contribution in [0.4, 0.5) is 0 Å². The molecule has 0 saturated carbocycles. The molecule has 0 fully saturated rings. The molecule has 6 heteroatoms. The summed E-state index contributed by atoms with van der Waals surface area (Å²) < 4.78 is 5.50. The predicted octanol–water partition coefficient (Wildman–Crippen LogP) is 22.1. The van der Waals surface area contributed by atoms with E-state index < -0.39 is 12.1 Å². The number of esters is 1. The molecule has 0 bridgehead atoms. The maximum atomic E-state index is 12.5. The Balaban J connectivity index is 3.44. The zero-order valence-electron chi connectivity index (χ0n) is 51.7. The molecule has 0 aliphatic heterocycles. The normalized spacial score (nSPS) is 12.8. The fraction of sp³-hybridized carbons (Fsp3) is 0.859. The molecule has 1 amide bonds. The molecule has 0 radical (unpaired) electrons. The second kappa shape index (κ2) is 66.3. The van der Waals surface area contributed by atoms with Crippen LogP contribution in [0.15, 0.2) is 48.6 Å². The highest BCUT2D eigenvalue weighted by molar-refractivity contribution is 5.76. The van der Waals surface area contributed by atoms with Gasteiger partial charge in [-0.05, 0) is 89.9 Å². The first kappa shape index (κ1) is 74.8. The van der Waals surface area contributed by atoms with Gasteiger partial charge in [0.15, 0.2) is 0 Å². The van der Waals surface area contributed by atoms with Crippen molar-refractivity contribution in [3.63, 3.8) is 0 Å². The summed E-state index contributed by atoms with van der Waals surface area (Å²) in [5.41, 5.74) is 0. The number of amides is 1. The maximum Gasteiger partial charge on any atom is 0.305 e. The van der Waals surface area contributed by atoms with Gasteiger partial charge >= 0.3 is 5.97 Å². The van der Waals surface area contributed by atoms with Crippen molar-refractivity contribution in [3.05, 3.63) is 48.6 Å². The molecule has 0 rings (SSSR count). The third-order valence-electron chi connectivity index (χ3n) is 15.8. The number of aliphatic hydroxyl groups is 2. The Bertz CT molecular complexity index is 1290. The average Bonchev–Trinajstić information content (AvgIpc) is 3.43. The van der Waals surface area contributed by atoms with E-state index in [2.05, 4.69) is 55.6 Å². The minimum Gasteiger partial charge on any atom is -0.466 e. The van der Waals surface area contributed by atoms with Gasteiger partial charge in [-0.25, -0.2) is 0 Å². The first-order valence-electron chi connectivity index (χ1n) is 34.4. The number of ether oxygens (including phenoxy) is 1. The van der Waals surface area contributed by atoms with Crippen molar-refractivity contribution in [2.24, 2.45) is 0 Å². The van der Waals surface area contributed by atoms with Crippen LogP contribution < -0.4 is 5.32 Å². The van der Waals surface area contributed by atoms with Crippen molar-refractivity contribution in [1.29, 1.82) is 0 Å². The molecule has 0 aliphatic carbocycles. The van der Waals surface area contributed by atoms with Gasteiger partial charge in [-0.3, -0.25) is 9.59 Å².